The normalized spacial score (nSPS) is 40.5. The van der Waals surface area contributed by atoms with Crippen LogP contribution in [0.4, 0.5) is 0 Å². The van der Waals surface area contributed by atoms with Crippen LogP contribution in [0.15, 0.2) is 12.2 Å². The first-order valence-electron chi connectivity index (χ1n) is 12.2. The first-order valence-corrected chi connectivity index (χ1v) is 12.2. The summed E-state index contributed by atoms with van der Waals surface area (Å²) in [7, 11) is 0. The first-order chi connectivity index (χ1) is 15.1. The molecular weight excluding hydrogens is 408 g/mol. The van der Waals surface area contributed by atoms with Gasteiger partial charge in [-0.05, 0) is 55.4 Å². The molecule has 0 saturated heterocycles. The van der Waals surface area contributed by atoms with Gasteiger partial charge in [0, 0.05) is 30.1 Å². The highest BCUT2D eigenvalue weighted by molar-refractivity contribution is 6.16. The lowest BCUT2D eigenvalue weighted by Crippen LogP contribution is -2.69. The van der Waals surface area contributed by atoms with Gasteiger partial charge in [-0.25, -0.2) is 0 Å². The molecule has 5 fully saturated rings. The summed E-state index contributed by atoms with van der Waals surface area (Å²) in [5.41, 5.74) is -1.26. The summed E-state index contributed by atoms with van der Waals surface area (Å²) in [5.74, 6) is -0.702. The van der Waals surface area contributed by atoms with E-state index < -0.39 is 16.2 Å². The van der Waals surface area contributed by atoms with Gasteiger partial charge in [-0.1, -0.05) is 33.8 Å². The van der Waals surface area contributed by atoms with Crippen molar-refractivity contribution in [2.75, 3.05) is 13.2 Å². The molecule has 6 nitrogen and oxygen atoms in total. The molecule has 0 radical (unpaired) electrons. The van der Waals surface area contributed by atoms with E-state index in [0.717, 1.165) is 32.1 Å². The standard InChI is InChI=1S/C26H36O6/c1-5-21(28)31-14-24(4)9-7-10-25(15-32-22(29)6-2)18(24)13-20(27)26-11-8-17(12-19(25)26)16(3)23(26)30/h17-19H,3,5-15H2,1-2,4H3/t17-,18?,19?,24-,25-,26+/m0/s1. The summed E-state index contributed by atoms with van der Waals surface area (Å²) in [5, 5.41) is 0. The van der Waals surface area contributed by atoms with Gasteiger partial charge < -0.3 is 9.47 Å². The second-order valence-electron chi connectivity index (χ2n) is 10.8. The minimum Gasteiger partial charge on any atom is -0.465 e. The SMILES string of the molecule is C=C1C(=O)[C@]23CC[C@H]1CC2[C@]1(COC(=O)CC)CCC[C@@](C)(COC(=O)CC)C1CC3=O. The van der Waals surface area contributed by atoms with Crippen molar-refractivity contribution in [1.82, 2.24) is 0 Å². The fraction of sp³-hybridized carbons (Fsp3) is 0.769. The van der Waals surface area contributed by atoms with Crippen LogP contribution < -0.4 is 0 Å². The number of rotatable bonds is 6. The van der Waals surface area contributed by atoms with Crippen molar-refractivity contribution in [3.8, 4) is 0 Å². The van der Waals surface area contributed by atoms with Crippen LogP contribution in [0.1, 0.15) is 78.6 Å². The number of fused-ring (bicyclic) bond motifs is 3. The van der Waals surface area contributed by atoms with Gasteiger partial charge in [0.05, 0.1) is 18.6 Å². The minimum absolute atomic E-state index is 0.0178. The predicted octanol–water partition coefficient (Wildman–Crippen LogP) is 4.20. The molecule has 0 aromatic rings. The van der Waals surface area contributed by atoms with E-state index in [1.54, 1.807) is 13.8 Å². The minimum atomic E-state index is -1.01. The molecule has 0 N–H and O–H groups in total. The monoisotopic (exact) mass is 444 g/mol. The van der Waals surface area contributed by atoms with Gasteiger partial charge in [-0.3, -0.25) is 19.2 Å². The fourth-order valence-corrected chi connectivity index (χ4v) is 7.63. The Morgan fingerprint density at radius 3 is 2.31 bits per heavy atom. The van der Waals surface area contributed by atoms with E-state index in [9.17, 15) is 19.2 Å². The van der Waals surface area contributed by atoms with Crippen LogP contribution in [0.5, 0.6) is 0 Å². The average Bonchev–Trinajstić information content (AvgIpc) is 2.80. The van der Waals surface area contributed by atoms with Gasteiger partial charge >= 0.3 is 11.9 Å². The lowest BCUT2D eigenvalue weighted by Gasteiger charge is -2.66. The molecule has 5 rings (SSSR count). The number of ether oxygens (including phenoxy) is 2. The molecule has 0 aliphatic heterocycles. The van der Waals surface area contributed by atoms with Crippen molar-refractivity contribution in [2.24, 2.45) is 34.0 Å². The highest BCUT2D eigenvalue weighted by Crippen LogP contribution is 2.70. The fourth-order valence-electron chi connectivity index (χ4n) is 7.63. The van der Waals surface area contributed by atoms with Crippen LogP contribution in [-0.4, -0.2) is 36.7 Å². The van der Waals surface area contributed by atoms with Gasteiger partial charge in [0.15, 0.2) is 5.78 Å². The number of hydrogen-bond acceptors (Lipinski definition) is 6. The molecule has 0 heterocycles. The van der Waals surface area contributed by atoms with Crippen LogP contribution in [0.2, 0.25) is 0 Å². The van der Waals surface area contributed by atoms with E-state index >= 15 is 0 Å². The summed E-state index contributed by atoms with van der Waals surface area (Å²) in [6.07, 6.45) is 5.58. The Labute approximate surface area is 190 Å². The molecule has 0 aromatic heterocycles. The second kappa shape index (κ2) is 8.11. The number of carbonyl (C=O) groups is 4. The zero-order chi connectivity index (χ0) is 23.3. The first kappa shape index (κ1) is 23.2. The molecule has 2 unspecified atom stereocenters. The number of Topliss-reactive ketones (excluding diaryl/α,β-unsaturated/α-hetero) is 2. The van der Waals surface area contributed by atoms with Crippen LogP contribution in [-0.2, 0) is 28.7 Å². The predicted molar refractivity (Wildman–Crippen MR) is 117 cm³/mol. The second-order valence-corrected chi connectivity index (χ2v) is 10.8. The Morgan fingerprint density at radius 2 is 1.66 bits per heavy atom. The third-order valence-corrected chi connectivity index (χ3v) is 9.34. The number of allylic oxidation sites excluding steroid dienone is 1. The Bertz CT molecular complexity index is 860. The Hall–Kier alpha value is -1.98. The molecule has 6 atom stereocenters. The summed E-state index contributed by atoms with van der Waals surface area (Å²) < 4.78 is 11.4. The third kappa shape index (κ3) is 3.19. The number of hydrogen-bond donors (Lipinski definition) is 0. The molecule has 5 aliphatic carbocycles. The maximum Gasteiger partial charge on any atom is 0.305 e. The van der Waals surface area contributed by atoms with Crippen LogP contribution in [0.25, 0.3) is 0 Å². The van der Waals surface area contributed by atoms with E-state index in [1.165, 1.54) is 0 Å². The van der Waals surface area contributed by atoms with Crippen molar-refractivity contribution in [3.05, 3.63) is 12.2 Å². The molecule has 176 valence electrons. The highest BCUT2D eigenvalue weighted by atomic mass is 16.5. The average molecular weight is 445 g/mol. The zero-order valence-corrected chi connectivity index (χ0v) is 19.7. The van der Waals surface area contributed by atoms with Crippen molar-refractivity contribution in [2.45, 2.75) is 78.6 Å². The van der Waals surface area contributed by atoms with Gasteiger partial charge in [0.1, 0.15) is 5.78 Å². The van der Waals surface area contributed by atoms with Crippen molar-refractivity contribution >= 4 is 23.5 Å². The summed E-state index contributed by atoms with van der Waals surface area (Å²) >= 11 is 0. The molecule has 2 bridgehead atoms. The van der Waals surface area contributed by atoms with Crippen molar-refractivity contribution in [3.63, 3.8) is 0 Å². The Balaban J connectivity index is 1.77. The quantitative estimate of drug-likeness (QED) is 0.347. The van der Waals surface area contributed by atoms with Crippen molar-refractivity contribution in [1.29, 1.82) is 0 Å². The van der Waals surface area contributed by atoms with E-state index in [2.05, 4.69) is 13.5 Å². The molecule has 6 heteroatoms. The highest BCUT2D eigenvalue weighted by Gasteiger charge is 2.72. The van der Waals surface area contributed by atoms with Crippen LogP contribution >= 0.6 is 0 Å². The smallest absolute Gasteiger partial charge is 0.305 e. The lowest BCUT2D eigenvalue weighted by molar-refractivity contribution is -0.207. The maximum absolute atomic E-state index is 13.8. The van der Waals surface area contributed by atoms with E-state index in [-0.39, 0.29) is 60.9 Å². The zero-order valence-electron chi connectivity index (χ0n) is 19.7. The lowest BCUT2D eigenvalue weighted by atomic mass is 9.36. The summed E-state index contributed by atoms with van der Waals surface area (Å²) in [4.78, 5) is 51.4. The largest absolute Gasteiger partial charge is 0.465 e. The number of ketones is 2. The topological polar surface area (TPSA) is 86.7 Å². The maximum atomic E-state index is 13.8. The number of carbonyl (C=O) groups excluding carboxylic acids is 4. The molecule has 0 aromatic carbocycles. The van der Waals surface area contributed by atoms with Gasteiger partial charge in [0.2, 0.25) is 0 Å². The van der Waals surface area contributed by atoms with E-state index in [1.807, 2.05) is 0 Å². The Kier molecular flexibility index (Phi) is 5.87. The molecule has 1 spiro atoms. The van der Waals surface area contributed by atoms with E-state index in [0.29, 0.717) is 24.8 Å². The molecular formula is C26H36O6. The molecule has 32 heavy (non-hydrogen) atoms. The van der Waals surface area contributed by atoms with E-state index in [4.69, 9.17) is 9.47 Å². The summed E-state index contributed by atoms with van der Waals surface area (Å²) in [6, 6.07) is 0. The van der Waals surface area contributed by atoms with Gasteiger partial charge in [-0.2, -0.15) is 0 Å². The van der Waals surface area contributed by atoms with Crippen LogP contribution in [0.3, 0.4) is 0 Å². The third-order valence-electron chi connectivity index (χ3n) is 9.34. The van der Waals surface area contributed by atoms with Gasteiger partial charge in [0.25, 0.3) is 0 Å². The van der Waals surface area contributed by atoms with Crippen molar-refractivity contribution < 1.29 is 28.7 Å². The molecule has 0 amide bonds. The Morgan fingerprint density at radius 1 is 1.00 bits per heavy atom. The number of esters is 2. The molecule has 5 aliphatic rings. The van der Waals surface area contributed by atoms with Gasteiger partial charge in [-0.15, -0.1) is 0 Å². The molecule has 5 saturated carbocycles. The van der Waals surface area contributed by atoms with Crippen LogP contribution in [0, 0.1) is 34.0 Å². The summed E-state index contributed by atoms with van der Waals surface area (Å²) in [6.45, 7) is 10.2.